The molecule has 1 amide bonds. The molecule has 0 radical (unpaired) electrons. The number of carboxylic acid groups (broad SMARTS) is 1. The number of carboxylic acids is 1. The fraction of sp³-hybridized carbons (Fsp3) is 0.467. The van der Waals surface area contributed by atoms with Gasteiger partial charge < -0.3 is 15.2 Å². The topological polar surface area (TPSA) is 75.6 Å². The lowest BCUT2D eigenvalue weighted by Crippen LogP contribution is -2.29. The highest BCUT2D eigenvalue weighted by atomic mass is 16.5. The number of aryl methyl sites for hydroxylation is 1. The Morgan fingerprint density at radius 3 is 2.75 bits per heavy atom. The number of benzene rings is 1. The molecule has 1 atom stereocenters. The number of nitrogens with one attached hydrogen (secondary N) is 1. The lowest BCUT2D eigenvalue weighted by Gasteiger charge is -2.10. The van der Waals surface area contributed by atoms with E-state index in [2.05, 4.69) is 5.32 Å². The van der Waals surface area contributed by atoms with Gasteiger partial charge in [0.25, 0.3) is 0 Å². The third-order valence-corrected chi connectivity index (χ3v) is 2.74. The van der Waals surface area contributed by atoms with Gasteiger partial charge in [-0.25, -0.2) is 0 Å². The van der Waals surface area contributed by atoms with Gasteiger partial charge in [-0.05, 0) is 30.5 Å². The van der Waals surface area contributed by atoms with Crippen molar-refractivity contribution < 1.29 is 19.4 Å². The van der Waals surface area contributed by atoms with Crippen LogP contribution in [0.4, 0.5) is 0 Å². The summed E-state index contributed by atoms with van der Waals surface area (Å²) in [5.41, 5.74) is 1.12. The largest absolute Gasteiger partial charge is 0.492 e. The third kappa shape index (κ3) is 6.78. The summed E-state index contributed by atoms with van der Waals surface area (Å²) in [6.45, 7) is 4.53. The Morgan fingerprint density at radius 2 is 2.10 bits per heavy atom. The van der Waals surface area contributed by atoms with E-state index in [1.54, 1.807) is 6.92 Å². The number of carbonyl (C=O) groups is 2. The van der Waals surface area contributed by atoms with E-state index in [4.69, 9.17) is 9.84 Å². The molecule has 0 fully saturated rings. The number of rotatable bonds is 8. The van der Waals surface area contributed by atoms with Crippen molar-refractivity contribution in [3.8, 4) is 5.75 Å². The number of ether oxygens (including phenoxy) is 1. The Bertz CT molecular complexity index is 459. The second-order valence-electron chi connectivity index (χ2n) is 4.92. The molecular weight excluding hydrogens is 258 g/mol. The van der Waals surface area contributed by atoms with E-state index in [9.17, 15) is 9.59 Å². The van der Waals surface area contributed by atoms with E-state index in [1.165, 1.54) is 0 Å². The second-order valence-corrected chi connectivity index (χ2v) is 4.92. The fourth-order valence-electron chi connectivity index (χ4n) is 1.82. The molecule has 1 rings (SSSR count). The first-order valence-corrected chi connectivity index (χ1v) is 6.65. The average molecular weight is 279 g/mol. The smallest absolute Gasteiger partial charge is 0.303 e. The summed E-state index contributed by atoms with van der Waals surface area (Å²) in [5.74, 6) is -0.414. The average Bonchev–Trinajstić information content (AvgIpc) is 2.33. The van der Waals surface area contributed by atoms with Crippen LogP contribution in [0.15, 0.2) is 24.3 Å². The Labute approximate surface area is 118 Å². The van der Waals surface area contributed by atoms with E-state index in [0.717, 1.165) is 11.3 Å². The molecule has 5 heteroatoms. The number of hydrogen-bond donors (Lipinski definition) is 2. The minimum absolute atomic E-state index is 0.00715. The summed E-state index contributed by atoms with van der Waals surface area (Å²) in [4.78, 5) is 22.0. The van der Waals surface area contributed by atoms with Gasteiger partial charge >= 0.3 is 5.97 Å². The third-order valence-electron chi connectivity index (χ3n) is 2.74. The van der Waals surface area contributed by atoms with Gasteiger partial charge in [0.1, 0.15) is 12.4 Å². The summed E-state index contributed by atoms with van der Waals surface area (Å²) < 4.78 is 5.50. The zero-order chi connectivity index (χ0) is 15.0. The molecule has 2 N–H and O–H groups in total. The molecule has 5 nitrogen and oxygen atoms in total. The van der Waals surface area contributed by atoms with Crippen molar-refractivity contribution in [1.82, 2.24) is 5.32 Å². The molecule has 0 aliphatic rings. The van der Waals surface area contributed by atoms with Crippen molar-refractivity contribution in [1.29, 1.82) is 0 Å². The Kier molecular flexibility index (Phi) is 6.56. The molecule has 0 bridgehead atoms. The molecule has 0 spiro atoms. The van der Waals surface area contributed by atoms with Crippen LogP contribution in [0.3, 0.4) is 0 Å². The Morgan fingerprint density at radius 1 is 1.35 bits per heavy atom. The molecule has 0 aliphatic carbocycles. The van der Waals surface area contributed by atoms with Gasteiger partial charge in [-0.1, -0.05) is 19.1 Å². The first-order chi connectivity index (χ1) is 9.47. The molecule has 0 saturated carbocycles. The monoisotopic (exact) mass is 279 g/mol. The van der Waals surface area contributed by atoms with E-state index in [1.807, 2.05) is 31.2 Å². The van der Waals surface area contributed by atoms with Gasteiger partial charge in [0, 0.05) is 12.8 Å². The van der Waals surface area contributed by atoms with E-state index in [0.29, 0.717) is 13.2 Å². The Hall–Kier alpha value is -2.04. The minimum atomic E-state index is -0.881. The predicted molar refractivity (Wildman–Crippen MR) is 75.7 cm³/mol. The van der Waals surface area contributed by atoms with E-state index in [-0.39, 0.29) is 24.7 Å². The van der Waals surface area contributed by atoms with Crippen molar-refractivity contribution >= 4 is 11.9 Å². The van der Waals surface area contributed by atoms with Crippen LogP contribution in [0.5, 0.6) is 5.75 Å². The highest BCUT2D eigenvalue weighted by Crippen LogP contribution is 2.11. The second kappa shape index (κ2) is 8.19. The van der Waals surface area contributed by atoms with Gasteiger partial charge in [-0.2, -0.15) is 0 Å². The maximum absolute atomic E-state index is 11.5. The summed E-state index contributed by atoms with van der Waals surface area (Å²) in [6, 6.07) is 7.69. The van der Waals surface area contributed by atoms with Crippen LogP contribution in [0.2, 0.25) is 0 Å². The summed E-state index contributed by atoms with van der Waals surface area (Å²) in [6.07, 6.45) is 0.226. The summed E-state index contributed by atoms with van der Waals surface area (Å²) >= 11 is 0. The van der Waals surface area contributed by atoms with Gasteiger partial charge in [0.05, 0.1) is 6.54 Å². The first kappa shape index (κ1) is 16.0. The molecule has 1 aromatic carbocycles. The van der Waals surface area contributed by atoms with Crippen molar-refractivity contribution in [3.63, 3.8) is 0 Å². The number of carbonyl (C=O) groups excluding carboxylic acids is 1. The first-order valence-electron chi connectivity index (χ1n) is 6.65. The van der Waals surface area contributed by atoms with Crippen LogP contribution in [0.25, 0.3) is 0 Å². The van der Waals surface area contributed by atoms with Crippen molar-refractivity contribution in [3.05, 3.63) is 29.8 Å². The van der Waals surface area contributed by atoms with Crippen LogP contribution in [0, 0.1) is 12.8 Å². The maximum atomic E-state index is 11.5. The van der Waals surface area contributed by atoms with Crippen molar-refractivity contribution in [2.24, 2.45) is 5.92 Å². The van der Waals surface area contributed by atoms with Crippen LogP contribution in [-0.4, -0.2) is 30.1 Å². The van der Waals surface area contributed by atoms with Gasteiger partial charge in [-0.3, -0.25) is 9.59 Å². The van der Waals surface area contributed by atoms with Crippen LogP contribution in [-0.2, 0) is 9.59 Å². The summed E-state index contributed by atoms with van der Waals surface area (Å²) in [7, 11) is 0. The molecule has 20 heavy (non-hydrogen) atoms. The Balaban J connectivity index is 2.17. The van der Waals surface area contributed by atoms with Crippen LogP contribution >= 0.6 is 0 Å². The predicted octanol–water partition coefficient (Wildman–Crippen LogP) is 1.99. The zero-order valence-corrected chi connectivity index (χ0v) is 11.9. The normalized spacial score (nSPS) is 11.7. The highest BCUT2D eigenvalue weighted by molar-refractivity contribution is 5.77. The molecule has 1 aromatic rings. The van der Waals surface area contributed by atoms with E-state index >= 15 is 0 Å². The molecule has 0 aromatic heterocycles. The molecule has 0 heterocycles. The highest BCUT2D eigenvalue weighted by Gasteiger charge is 2.12. The summed E-state index contributed by atoms with van der Waals surface area (Å²) in [5, 5.41) is 11.3. The molecular formula is C15H21NO4. The SMILES string of the molecule is Cc1cccc(OCCNC(=O)CC(C)CC(=O)O)c1. The van der Waals surface area contributed by atoms with Crippen LogP contribution < -0.4 is 10.1 Å². The van der Waals surface area contributed by atoms with Crippen LogP contribution in [0.1, 0.15) is 25.3 Å². The van der Waals surface area contributed by atoms with Gasteiger partial charge in [0.2, 0.25) is 5.91 Å². The minimum Gasteiger partial charge on any atom is -0.492 e. The zero-order valence-electron chi connectivity index (χ0n) is 11.9. The quantitative estimate of drug-likeness (QED) is 0.714. The molecule has 0 aliphatic heterocycles. The molecule has 110 valence electrons. The lowest BCUT2D eigenvalue weighted by molar-refractivity contribution is -0.138. The molecule has 1 unspecified atom stereocenters. The fourth-order valence-corrected chi connectivity index (χ4v) is 1.82. The number of hydrogen-bond acceptors (Lipinski definition) is 3. The van der Waals surface area contributed by atoms with E-state index < -0.39 is 5.97 Å². The number of aliphatic carboxylic acids is 1. The van der Waals surface area contributed by atoms with Gasteiger partial charge in [0.15, 0.2) is 0 Å². The van der Waals surface area contributed by atoms with Gasteiger partial charge in [-0.15, -0.1) is 0 Å². The number of amides is 1. The lowest BCUT2D eigenvalue weighted by atomic mass is 10.0. The standard InChI is InChI=1S/C15H21NO4/c1-11-4-3-5-13(8-11)20-7-6-16-14(17)9-12(2)10-15(18)19/h3-5,8,12H,6-7,9-10H2,1-2H3,(H,16,17)(H,18,19). The van der Waals surface area contributed by atoms with Crippen molar-refractivity contribution in [2.75, 3.05) is 13.2 Å². The maximum Gasteiger partial charge on any atom is 0.303 e. The van der Waals surface area contributed by atoms with Crippen molar-refractivity contribution in [2.45, 2.75) is 26.7 Å². The molecule has 0 saturated heterocycles.